The fraction of sp³-hybridized carbons (Fsp3) is 0.350. The van der Waals surface area contributed by atoms with Crippen molar-refractivity contribution in [1.29, 1.82) is 0 Å². The Labute approximate surface area is 170 Å². The van der Waals surface area contributed by atoms with Gasteiger partial charge in [-0.15, -0.1) is 0 Å². The average molecular weight is 431 g/mol. The lowest BCUT2D eigenvalue weighted by molar-refractivity contribution is 0.0746. The summed E-state index contributed by atoms with van der Waals surface area (Å²) in [5, 5.41) is -1.22. The van der Waals surface area contributed by atoms with Crippen LogP contribution in [0.15, 0.2) is 24.3 Å². The number of halogens is 5. The van der Waals surface area contributed by atoms with Gasteiger partial charge in [-0.2, -0.15) is 0 Å². The van der Waals surface area contributed by atoms with Crippen LogP contribution in [0.2, 0.25) is 5.02 Å². The molecule has 1 aliphatic heterocycles. The zero-order chi connectivity index (χ0) is 21.3. The monoisotopic (exact) mass is 430 g/mol. The fourth-order valence-electron chi connectivity index (χ4n) is 3.13. The van der Waals surface area contributed by atoms with Gasteiger partial charge >= 0.3 is 0 Å². The van der Waals surface area contributed by atoms with Crippen LogP contribution in [0.25, 0.3) is 0 Å². The van der Waals surface area contributed by atoms with E-state index in [1.807, 2.05) is 13.8 Å². The van der Waals surface area contributed by atoms with Crippen LogP contribution in [0.3, 0.4) is 0 Å². The molecule has 9 heteroatoms. The van der Waals surface area contributed by atoms with Gasteiger partial charge in [0.05, 0.1) is 6.10 Å². The van der Waals surface area contributed by atoms with Crippen LogP contribution in [-0.4, -0.2) is 43.1 Å². The maximum Gasteiger partial charge on any atom is 0.253 e. The van der Waals surface area contributed by atoms with E-state index in [4.69, 9.17) is 16.3 Å². The largest absolute Gasteiger partial charge is 0.491 e. The smallest absolute Gasteiger partial charge is 0.253 e. The molecule has 2 aromatic rings. The van der Waals surface area contributed by atoms with Crippen molar-refractivity contribution in [1.82, 2.24) is 4.90 Å². The summed E-state index contributed by atoms with van der Waals surface area (Å²) in [7, 11) is 0. The Bertz CT molecular complexity index is 885. The molecule has 2 aromatic carbocycles. The lowest BCUT2D eigenvalue weighted by Crippen LogP contribution is -2.49. The molecule has 0 spiro atoms. The second kappa shape index (κ2) is 8.49. The first kappa shape index (κ1) is 21.2. The molecule has 0 unspecified atom stereocenters. The molecular weight excluding hydrogens is 412 g/mol. The lowest BCUT2D eigenvalue weighted by Gasteiger charge is -2.36. The fourth-order valence-corrected chi connectivity index (χ4v) is 3.30. The quantitative estimate of drug-likeness (QED) is 0.402. The van der Waals surface area contributed by atoms with Crippen LogP contribution < -0.4 is 9.64 Å². The summed E-state index contributed by atoms with van der Waals surface area (Å²) in [5.74, 6) is -5.98. The van der Waals surface area contributed by atoms with Gasteiger partial charge in [0.15, 0.2) is 23.3 Å². The van der Waals surface area contributed by atoms with Gasteiger partial charge in [-0.3, -0.25) is 4.79 Å². The third-order valence-corrected chi connectivity index (χ3v) is 4.87. The minimum Gasteiger partial charge on any atom is -0.491 e. The highest BCUT2D eigenvalue weighted by Crippen LogP contribution is 2.34. The topological polar surface area (TPSA) is 32.8 Å². The third kappa shape index (κ3) is 4.27. The van der Waals surface area contributed by atoms with E-state index in [1.54, 1.807) is 24.3 Å². The number of ether oxygens (including phenoxy) is 1. The number of hydrogen-bond acceptors (Lipinski definition) is 3. The predicted molar refractivity (Wildman–Crippen MR) is 102 cm³/mol. The zero-order valence-corrected chi connectivity index (χ0v) is 16.6. The van der Waals surface area contributed by atoms with Crippen molar-refractivity contribution in [3.8, 4) is 5.75 Å². The molecule has 0 bridgehead atoms. The summed E-state index contributed by atoms with van der Waals surface area (Å²) in [5.41, 5.74) is -0.373. The molecule has 0 atom stereocenters. The Balaban J connectivity index is 1.70. The second-order valence-electron chi connectivity index (χ2n) is 6.89. The third-order valence-electron chi connectivity index (χ3n) is 4.54. The normalized spacial score (nSPS) is 14.5. The van der Waals surface area contributed by atoms with Gasteiger partial charge in [0, 0.05) is 31.7 Å². The van der Waals surface area contributed by atoms with E-state index in [-0.39, 0.29) is 38.2 Å². The molecule has 1 heterocycles. The molecule has 4 nitrogen and oxygen atoms in total. The molecule has 1 fully saturated rings. The minimum atomic E-state index is -1.64. The zero-order valence-electron chi connectivity index (χ0n) is 15.8. The van der Waals surface area contributed by atoms with Crippen LogP contribution >= 0.6 is 11.6 Å². The van der Waals surface area contributed by atoms with Crippen LogP contribution in [-0.2, 0) is 0 Å². The Hall–Kier alpha value is -2.48. The molecule has 0 aromatic heterocycles. The van der Waals surface area contributed by atoms with E-state index >= 15 is 0 Å². The highest BCUT2D eigenvalue weighted by atomic mass is 35.5. The average Bonchev–Trinajstić information content (AvgIpc) is 2.71. The van der Waals surface area contributed by atoms with E-state index in [0.717, 1.165) is 4.90 Å². The number of rotatable bonds is 4. The number of hydrogen-bond donors (Lipinski definition) is 0. The van der Waals surface area contributed by atoms with E-state index in [9.17, 15) is 22.4 Å². The number of carbonyl (C=O) groups excluding carboxylic acids is 1. The standard InChI is InChI=1S/C20H19ClF4N2O2/c1-11(2)29-13-5-3-12(4-6-13)20(28)27-9-7-26(8-10-27)19-17(24)15(22)14(21)16(23)18(19)25/h3-6,11H,7-10H2,1-2H3. The number of nitrogens with zero attached hydrogens (tertiary/aromatic N) is 2. The van der Waals surface area contributed by atoms with Crippen LogP contribution in [0.5, 0.6) is 5.75 Å². The lowest BCUT2D eigenvalue weighted by atomic mass is 10.1. The maximum absolute atomic E-state index is 14.1. The molecule has 156 valence electrons. The van der Waals surface area contributed by atoms with Crippen LogP contribution in [0.1, 0.15) is 24.2 Å². The summed E-state index contributed by atoms with van der Waals surface area (Å²) in [6.45, 7) is 4.07. The van der Waals surface area contributed by atoms with E-state index in [2.05, 4.69) is 0 Å². The molecule has 3 rings (SSSR count). The summed E-state index contributed by atoms with van der Waals surface area (Å²) in [6, 6.07) is 6.65. The molecule has 1 saturated heterocycles. The number of carbonyl (C=O) groups is 1. The number of anilines is 1. The number of benzene rings is 2. The Morgan fingerprint density at radius 1 is 0.931 bits per heavy atom. The Morgan fingerprint density at radius 3 is 1.93 bits per heavy atom. The van der Waals surface area contributed by atoms with E-state index < -0.39 is 34.0 Å². The van der Waals surface area contributed by atoms with Gasteiger partial charge in [-0.05, 0) is 38.1 Å². The van der Waals surface area contributed by atoms with Gasteiger partial charge < -0.3 is 14.5 Å². The van der Waals surface area contributed by atoms with Crippen molar-refractivity contribution < 1.29 is 27.1 Å². The predicted octanol–water partition coefficient (Wildman–Crippen LogP) is 4.65. The molecular formula is C20H19ClF4N2O2. The number of amides is 1. The molecule has 0 aliphatic carbocycles. The van der Waals surface area contributed by atoms with Gasteiger partial charge in [0.25, 0.3) is 5.91 Å². The Morgan fingerprint density at radius 2 is 1.45 bits per heavy atom. The molecule has 1 amide bonds. The molecule has 0 radical (unpaired) electrons. The van der Waals surface area contributed by atoms with Crippen LogP contribution in [0.4, 0.5) is 23.2 Å². The van der Waals surface area contributed by atoms with Gasteiger partial charge in [-0.1, -0.05) is 11.6 Å². The summed E-state index contributed by atoms with van der Waals surface area (Å²) >= 11 is 5.26. The van der Waals surface area contributed by atoms with E-state index in [1.165, 1.54) is 4.90 Å². The first-order chi connectivity index (χ1) is 13.7. The highest BCUT2D eigenvalue weighted by molar-refractivity contribution is 6.31. The molecule has 0 N–H and O–H groups in total. The first-order valence-electron chi connectivity index (χ1n) is 9.03. The van der Waals surface area contributed by atoms with Crippen molar-refractivity contribution in [2.75, 3.05) is 31.1 Å². The number of piperazine rings is 1. The van der Waals surface area contributed by atoms with Crippen molar-refractivity contribution >= 4 is 23.2 Å². The second-order valence-corrected chi connectivity index (χ2v) is 7.27. The van der Waals surface area contributed by atoms with Crippen molar-refractivity contribution in [2.24, 2.45) is 0 Å². The molecule has 0 saturated carbocycles. The van der Waals surface area contributed by atoms with E-state index in [0.29, 0.717) is 11.3 Å². The summed E-state index contributed by atoms with van der Waals surface area (Å²) in [6.07, 6.45) is 0.00737. The van der Waals surface area contributed by atoms with Crippen molar-refractivity contribution in [2.45, 2.75) is 20.0 Å². The molecule has 1 aliphatic rings. The first-order valence-corrected chi connectivity index (χ1v) is 9.41. The Kier molecular flexibility index (Phi) is 6.21. The van der Waals surface area contributed by atoms with Crippen molar-refractivity contribution in [3.63, 3.8) is 0 Å². The van der Waals surface area contributed by atoms with Gasteiger partial charge in [0.1, 0.15) is 16.5 Å². The van der Waals surface area contributed by atoms with Gasteiger partial charge in [0.2, 0.25) is 0 Å². The summed E-state index contributed by atoms with van der Waals surface area (Å²) in [4.78, 5) is 15.3. The SMILES string of the molecule is CC(C)Oc1ccc(C(=O)N2CCN(c3c(F)c(F)c(Cl)c(F)c3F)CC2)cc1. The highest BCUT2D eigenvalue weighted by Gasteiger charge is 2.31. The maximum atomic E-state index is 14.1. The van der Waals surface area contributed by atoms with Gasteiger partial charge in [-0.25, -0.2) is 17.6 Å². The van der Waals surface area contributed by atoms with Crippen molar-refractivity contribution in [3.05, 3.63) is 58.1 Å². The summed E-state index contributed by atoms with van der Waals surface area (Å²) < 4.78 is 61.2. The molecule has 29 heavy (non-hydrogen) atoms. The minimum absolute atomic E-state index is 0.00737. The van der Waals surface area contributed by atoms with Crippen LogP contribution in [0, 0.1) is 23.3 Å².